The van der Waals surface area contributed by atoms with Crippen molar-refractivity contribution in [1.29, 1.82) is 0 Å². The van der Waals surface area contributed by atoms with Crippen molar-refractivity contribution in [2.45, 2.75) is 44.6 Å². The van der Waals surface area contributed by atoms with Gasteiger partial charge in [-0.3, -0.25) is 0 Å². The molecule has 0 aromatic rings. The number of ether oxygens (including phenoxy) is 2. The Hall–Kier alpha value is -0.380. The summed E-state index contributed by atoms with van der Waals surface area (Å²) in [5.41, 5.74) is 1.16. The fraction of sp³-hybridized carbons (Fsp3) is 0.846. The molecule has 0 saturated carbocycles. The normalized spacial score (nSPS) is 19.8. The van der Waals surface area contributed by atoms with Gasteiger partial charge in [-0.2, -0.15) is 0 Å². The van der Waals surface area contributed by atoms with Crippen LogP contribution in [0.4, 0.5) is 0 Å². The highest BCUT2D eigenvalue weighted by Gasteiger charge is 2.11. The van der Waals surface area contributed by atoms with Crippen molar-refractivity contribution < 1.29 is 14.6 Å². The molecular weight excluding hydrogens is 204 g/mol. The standard InChI is InChI=1S/C13H24O3/c1-15-9-10-16-11-13(14)12-7-5-3-2-4-6-8-12/h7,13-14H,2-6,8-11H2,1H3. The second-order valence-electron chi connectivity index (χ2n) is 4.32. The Labute approximate surface area is 98.4 Å². The molecule has 0 fully saturated rings. The van der Waals surface area contributed by atoms with Crippen LogP contribution < -0.4 is 0 Å². The van der Waals surface area contributed by atoms with E-state index >= 15 is 0 Å². The van der Waals surface area contributed by atoms with Crippen LogP contribution in [-0.2, 0) is 9.47 Å². The molecule has 16 heavy (non-hydrogen) atoms. The first kappa shape index (κ1) is 13.7. The van der Waals surface area contributed by atoms with Gasteiger partial charge < -0.3 is 14.6 Å². The second-order valence-corrected chi connectivity index (χ2v) is 4.32. The maximum atomic E-state index is 9.96. The van der Waals surface area contributed by atoms with Crippen molar-refractivity contribution in [1.82, 2.24) is 0 Å². The number of aliphatic hydroxyl groups is 1. The Morgan fingerprint density at radius 1 is 1.25 bits per heavy atom. The van der Waals surface area contributed by atoms with Crippen molar-refractivity contribution in [3.05, 3.63) is 11.6 Å². The van der Waals surface area contributed by atoms with Gasteiger partial charge in [-0.15, -0.1) is 0 Å². The highest BCUT2D eigenvalue weighted by atomic mass is 16.5. The minimum absolute atomic E-state index is 0.398. The van der Waals surface area contributed by atoms with Crippen LogP contribution in [0, 0.1) is 0 Å². The third-order valence-electron chi connectivity index (χ3n) is 2.96. The summed E-state index contributed by atoms with van der Waals surface area (Å²) in [5.74, 6) is 0. The molecule has 0 heterocycles. The number of allylic oxidation sites excluding steroid dienone is 1. The van der Waals surface area contributed by atoms with Gasteiger partial charge in [-0.05, 0) is 31.3 Å². The molecule has 0 bridgehead atoms. The minimum Gasteiger partial charge on any atom is -0.386 e. The van der Waals surface area contributed by atoms with Crippen LogP contribution in [0.2, 0.25) is 0 Å². The van der Waals surface area contributed by atoms with Crippen LogP contribution in [0.25, 0.3) is 0 Å². The number of aliphatic hydroxyl groups excluding tert-OH is 1. The Kier molecular flexibility index (Phi) is 7.47. The van der Waals surface area contributed by atoms with Crippen molar-refractivity contribution in [3.8, 4) is 0 Å². The third kappa shape index (κ3) is 5.64. The van der Waals surface area contributed by atoms with Gasteiger partial charge in [-0.1, -0.05) is 18.9 Å². The monoisotopic (exact) mass is 228 g/mol. The van der Waals surface area contributed by atoms with Gasteiger partial charge in [0.15, 0.2) is 0 Å². The Balaban J connectivity index is 2.24. The fourth-order valence-electron chi connectivity index (χ4n) is 1.96. The van der Waals surface area contributed by atoms with Crippen LogP contribution in [0.3, 0.4) is 0 Å². The first-order chi connectivity index (χ1) is 7.84. The molecule has 94 valence electrons. The molecule has 1 atom stereocenters. The van der Waals surface area contributed by atoms with Crippen molar-refractivity contribution in [2.75, 3.05) is 26.9 Å². The van der Waals surface area contributed by atoms with Crippen molar-refractivity contribution >= 4 is 0 Å². The zero-order valence-corrected chi connectivity index (χ0v) is 10.3. The van der Waals surface area contributed by atoms with Crippen molar-refractivity contribution in [2.24, 2.45) is 0 Å². The molecule has 0 radical (unpaired) electrons. The number of methoxy groups -OCH3 is 1. The molecule has 1 aliphatic rings. The van der Waals surface area contributed by atoms with Gasteiger partial charge in [-0.25, -0.2) is 0 Å². The van der Waals surface area contributed by atoms with Gasteiger partial charge in [0, 0.05) is 7.11 Å². The molecule has 1 unspecified atom stereocenters. The van der Waals surface area contributed by atoms with E-state index in [0.717, 1.165) is 18.4 Å². The topological polar surface area (TPSA) is 38.7 Å². The summed E-state index contributed by atoms with van der Waals surface area (Å²) in [7, 11) is 1.65. The van der Waals surface area contributed by atoms with Gasteiger partial charge in [0.25, 0.3) is 0 Å². The molecule has 0 saturated heterocycles. The zero-order chi connectivity index (χ0) is 11.6. The minimum atomic E-state index is -0.421. The number of hydrogen-bond acceptors (Lipinski definition) is 3. The molecule has 1 aliphatic carbocycles. The lowest BCUT2D eigenvalue weighted by Gasteiger charge is -2.17. The predicted molar refractivity (Wildman–Crippen MR) is 64.5 cm³/mol. The number of hydrogen-bond donors (Lipinski definition) is 1. The average Bonchev–Trinajstić information content (AvgIpc) is 2.23. The SMILES string of the molecule is COCCOCC(O)C1=CCCCCCC1. The fourth-order valence-corrected chi connectivity index (χ4v) is 1.96. The molecule has 0 aliphatic heterocycles. The predicted octanol–water partition coefficient (Wildman–Crippen LogP) is 2.29. The zero-order valence-electron chi connectivity index (χ0n) is 10.3. The van der Waals surface area contributed by atoms with E-state index in [1.54, 1.807) is 7.11 Å². The van der Waals surface area contributed by atoms with Crippen LogP contribution in [0.5, 0.6) is 0 Å². The molecule has 1 rings (SSSR count). The van der Waals surface area contributed by atoms with Gasteiger partial charge in [0.1, 0.15) is 0 Å². The van der Waals surface area contributed by atoms with Crippen LogP contribution in [-0.4, -0.2) is 38.1 Å². The molecule has 0 amide bonds. The van der Waals surface area contributed by atoms with E-state index < -0.39 is 6.10 Å². The maximum absolute atomic E-state index is 9.96. The van der Waals surface area contributed by atoms with E-state index in [4.69, 9.17) is 9.47 Å². The summed E-state index contributed by atoms with van der Waals surface area (Å²) < 4.78 is 10.2. The second kappa shape index (κ2) is 8.74. The van der Waals surface area contributed by atoms with E-state index in [-0.39, 0.29) is 0 Å². The Morgan fingerprint density at radius 3 is 2.88 bits per heavy atom. The lowest BCUT2D eigenvalue weighted by atomic mass is 9.97. The first-order valence-corrected chi connectivity index (χ1v) is 6.28. The summed E-state index contributed by atoms with van der Waals surface area (Å²) in [6.45, 7) is 1.54. The van der Waals surface area contributed by atoms with Gasteiger partial charge in [0.05, 0.1) is 25.9 Å². The Bertz CT molecular complexity index is 201. The summed E-state index contributed by atoms with van der Waals surface area (Å²) in [6.07, 6.45) is 8.96. The summed E-state index contributed by atoms with van der Waals surface area (Å²) in [4.78, 5) is 0. The molecule has 0 spiro atoms. The molecule has 1 N–H and O–H groups in total. The maximum Gasteiger partial charge on any atom is 0.0983 e. The molecular formula is C13H24O3. The highest BCUT2D eigenvalue weighted by Crippen LogP contribution is 2.19. The molecule has 0 aromatic heterocycles. The third-order valence-corrected chi connectivity index (χ3v) is 2.96. The quantitative estimate of drug-likeness (QED) is 0.560. The van der Waals surface area contributed by atoms with Crippen molar-refractivity contribution in [3.63, 3.8) is 0 Å². The molecule has 3 nitrogen and oxygen atoms in total. The summed E-state index contributed by atoms with van der Waals surface area (Å²) >= 11 is 0. The molecule has 3 heteroatoms. The summed E-state index contributed by atoms with van der Waals surface area (Å²) in [5, 5.41) is 9.96. The van der Waals surface area contributed by atoms with E-state index in [9.17, 15) is 5.11 Å². The van der Waals surface area contributed by atoms with E-state index in [1.165, 1.54) is 25.7 Å². The van der Waals surface area contributed by atoms with E-state index in [1.807, 2.05) is 0 Å². The smallest absolute Gasteiger partial charge is 0.0983 e. The lowest BCUT2D eigenvalue weighted by Crippen LogP contribution is -2.20. The molecule has 0 aromatic carbocycles. The van der Waals surface area contributed by atoms with Gasteiger partial charge in [0.2, 0.25) is 0 Å². The largest absolute Gasteiger partial charge is 0.386 e. The Morgan fingerprint density at radius 2 is 2.06 bits per heavy atom. The summed E-state index contributed by atoms with van der Waals surface area (Å²) in [6, 6.07) is 0. The average molecular weight is 228 g/mol. The van der Waals surface area contributed by atoms with Gasteiger partial charge >= 0.3 is 0 Å². The highest BCUT2D eigenvalue weighted by molar-refractivity contribution is 5.08. The van der Waals surface area contributed by atoms with E-state index in [2.05, 4.69) is 6.08 Å². The van der Waals surface area contributed by atoms with Crippen LogP contribution in [0.15, 0.2) is 11.6 Å². The van der Waals surface area contributed by atoms with E-state index in [0.29, 0.717) is 19.8 Å². The van der Waals surface area contributed by atoms with Crippen LogP contribution in [0.1, 0.15) is 38.5 Å². The lowest BCUT2D eigenvalue weighted by molar-refractivity contribution is 0.0246. The first-order valence-electron chi connectivity index (χ1n) is 6.28. The van der Waals surface area contributed by atoms with Crippen LogP contribution >= 0.6 is 0 Å². The number of rotatable bonds is 6.